The van der Waals surface area contributed by atoms with Crippen LogP contribution in [-0.2, 0) is 4.79 Å². The van der Waals surface area contributed by atoms with Gasteiger partial charge in [0, 0.05) is 0 Å². The Labute approximate surface area is 235 Å². The molecular weight excluding hydrogens is 520 g/mol. The summed E-state index contributed by atoms with van der Waals surface area (Å²) in [5, 5.41) is 0. The monoisotopic (exact) mass is 562 g/mol. The van der Waals surface area contributed by atoms with Crippen molar-refractivity contribution in [1.82, 2.24) is 0 Å². The maximum atomic E-state index is 15.1. The van der Waals surface area contributed by atoms with Crippen molar-refractivity contribution in [2.75, 3.05) is 6.61 Å². The number of unbranched alkanes of at least 4 members (excludes halogenated alkanes) is 4. The zero-order valence-electron chi connectivity index (χ0n) is 23.8. The Balaban J connectivity index is 1.29. The van der Waals surface area contributed by atoms with E-state index in [0.29, 0.717) is 42.7 Å². The topological polar surface area (TPSA) is 35.5 Å². The fraction of sp³-hybridized carbons (Fsp3) is 0.606. The number of benzene rings is 2. The van der Waals surface area contributed by atoms with Gasteiger partial charge in [0.1, 0.15) is 0 Å². The van der Waals surface area contributed by atoms with E-state index in [-0.39, 0.29) is 24.2 Å². The van der Waals surface area contributed by atoms with Gasteiger partial charge in [0.15, 0.2) is 23.1 Å². The molecule has 0 aliphatic heterocycles. The molecule has 220 valence electrons. The Bertz CT molecular complexity index is 1140. The van der Waals surface area contributed by atoms with Gasteiger partial charge >= 0.3 is 5.97 Å². The molecule has 0 unspecified atom stereocenters. The van der Waals surface area contributed by atoms with E-state index in [4.69, 9.17) is 9.47 Å². The fourth-order valence-electron chi connectivity index (χ4n) is 6.20. The van der Waals surface area contributed by atoms with Crippen LogP contribution in [0.4, 0.5) is 17.6 Å². The summed E-state index contributed by atoms with van der Waals surface area (Å²) in [6.45, 7) is 4.60. The molecule has 2 aliphatic carbocycles. The number of carbonyl (C=O) groups is 1. The zero-order chi connectivity index (χ0) is 28.6. The van der Waals surface area contributed by atoms with E-state index in [2.05, 4.69) is 13.8 Å². The van der Waals surface area contributed by atoms with E-state index in [9.17, 15) is 13.6 Å². The first-order valence-electron chi connectivity index (χ1n) is 15.1. The van der Waals surface area contributed by atoms with Crippen molar-refractivity contribution >= 4 is 5.97 Å². The van der Waals surface area contributed by atoms with Crippen LogP contribution in [0.5, 0.6) is 11.5 Å². The van der Waals surface area contributed by atoms with E-state index in [1.54, 1.807) is 12.1 Å². The average Bonchev–Trinajstić information content (AvgIpc) is 2.96. The summed E-state index contributed by atoms with van der Waals surface area (Å²) in [5.41, 5.74) is 0.828. The lowest BCUT2D eigenvalue weighted by Gasteiger charge is -2.29. The predicted octanol–water partition coefficient (Wildman–Crippen LogP) is 9.77. The Hall–Kier alpha value is -2.57. The second-order valence-corrected chi connectivity index (χ2v) is 11.8. The van der Waals surface area contributed by atoms with Crippen LogP contribution >= 0.6 is 0 Å². The first-order valence-corrected chi connectivity index (χ1v) is 15.1. The first-order chi connectivity index (χ1) is 19.3. The molecule has 0 N–H and O–H groups in total. The highest BCUT2D eigenvalue weighted by molar-refractivity contribution is 5.75. The van der Waals surface area contributed by atoms with Crippen molar-refractivity contribution in [3.05, 3.63) is 58.7 Å². The van der Waals surface area contributed by atoms with E-state index in [0.717, 1.165) is 57.8 Å². The van der Waals surface area contributed by atoms with Crippen molar-refractivity contribution in [2.45, 2.75) is 109 Å². The molecule has 40 heavy (non-hydrogen) atoms. The number of hydrogen-bond donors (Lipinski definition) is 0. The first kappa shape index (κ1) is 30.4. The van der Waals surface area contributed by atoms with E-state index in [1.165, 1.54) is 12.1 Å². The smallest absolute Gasteiger partial charge is 0.314 e. The summed E-state index contributed by atoms with van der Waals surface area (Å²) >= 11 is 0. The van der Waals surface area contributed by atoms with Gasteiger partial charge in [-0.05, 0) is 86.0 Å². The lowest BCUT2D eigenvalue weighted by atomic mass is 9.76. The number of ether oxygens (including phenoxy) is 2. The highest BCUT2D eigenvalue weighted by Crippen LogP contribution is 2.41. The predicted molar refractivity (Wildman–Crippen MR) is 148 cm³/mol. The summed E-state index contributed by atoms with van der Waals surface area (Å²) in [6, 6.07) is 5.94. The van der Waals surface area contributed by atoms with Crippen LogP contribution < -0.4 is 9.47 Å². The summed E-state index contributed by atoms with van der Waals surface area (Å²) in [7, 11) is 0. The quantitative estimate of drug-likeness (QED) is 0.118. The molecule has 0 saturated heterocycles. The van der Waals surface area contributed by atoms with Crippen molar-refractivity contribution in [2.24, 2.45) is 11.8 Å². The zero-order valence-corrected chi connectivity index (χ0v) is 23.8. The number of hydrogen-bond acceptors (Lipinski definition) is 3. The third-order valence-corrected chi connectivity index (χ3v) is 8.83. The molecule has 3 nitrogen and oxygen atoms in total. The molecule has 2 saturated carbocycles. The third-order valence-electron chi connectivity index (χ3n) is 8.83. The minimum Gasteiger partial charge on any atom is -0.490 e. The van der Waals surface area contributed by atoms with E-state index < -0.39 is 40.9 Å². The molecule has 2 aliphatic rings. The summed E-state index contributed by atoms with van der Waals surface area (Å²) < 4.78 is 69.9. The number of carbonyl (C=O) groups excluding carboxylic acids is 1. The van der Waals surface area contributed by atoms with Gasteiger partial charge in [-0.25, -0.2) is 8.78 Å². The molecule has 0 amide bonds. The van der Waals surface area contributed by atoms with Gasteiger partial charge in [-0.3, -0.25) is 4.79 Å². The van der Waals surface area contributed by atoms with Crippen molar-refractivity contribution in [3.63, 3.8) is 0 Å². The lowest BCUT2D eigenvalue weighted by molar-refractivity contribution is -0.140. The second-order valence-electron chi connectivity index (χ2n) is 11.8. The van der Waals surface area contributed by atoms with Gasteiger partial charge in [-0.2, -0.15) is 8.78 Å². The summed E-state index contributed by atoms with van der Waals surface area (Å²) in [4.78, 5) is 12.7. The lowest BCUT2D eigenvalue weighted by Crippen LogP contribution is -2.26. The number of esters is 1. The molecule has 2 aromatic rings. The molecule has 4 rings (SSSR count). The molecular formula is C33H42F4O3. The van der Waals surface area contributed by atoms with Gasteiger partial charge in [-0.15, -0.1) is 0 Å². The standard InChI is InChI=1S/C33H42F4O3/c1-3-4-5-6-7-20-39-27-18-19-28(32(37)31(27)36)40-33(38)24-14-12-23(13-15-24)26-17-16-25(29(34)30(26)35)22-10-8-21(2)9-11-22/h16-19,21-24H,3-15,20H2,1-2H3. The number of rotatable bonds is 11. The third kappa shape index (κ3) is 7.38. The molecule has 2 fully saturated rings. The Morgan fingerprint density at radius 1 is 0.700 bits per heavy atom. The van der Waals surface area contributed by atoms with Crippen molar-refractivity contribution < 1.29 is 31.8 Å². The van der Waals surface area contributed by atoms with Gasteiger partial charge in [0.2, 0.25) is 11.6 Å². The van der Waals surface area contributed by atoms with Crippen LogP contribution in [0.15, 0.2) is 24.3 Å². The maximum absolute atomic E-state index is 15.1. The van der Waals surface area contributed by atoms with E-state index in [1.807, 2.05) is 0 Å². The van der Waals surface area contributed by atoms with Crippen LogP contribution in [0.25, 0.3) is 0 Å². The highest BCUT2D eigenvalue weighted by atomic mass is 19.2. The fourth-order valence-corrected chi connectivity index (χ4v) is 6.20. The number of halogens is 4. The Morgan fingerprint density at radius 3 is 1.82 bits per heavy atom. The summed E-state index contributed by atoms with van der Waals surface area (Å²) in [6.07, 6.45) is 10.6. The highest BCUT2D eigenvalue weighted by Gasteiger charge is 2.32. The SMILES string of the molecule is CCCCCCCOc1ccc(OC(=O)C2CCC(c3ccc(C4CCC(C)CC4)c(F)c3F)CC2)c(F)c1F. The molecule has 0 heterocycles. The molecule has 0 aromatic heterocycles. The minimum absolute atomic E-state index is 0.0617. The average molecular weight is 563 g/mol. The largest absolute Gasteiger partial charge is 0.490 e. The van der Waals surface area contributed by atoms with Crippen LogP contribution in [0.1, 0.15) is 120 Å². The maximum Gasteiger partial charge on any atom is 0.314 e. The Kier molecular flexibility index (Phi) is 10.9. The molecule has 0 bridgehead atoms. The van der Waals surface area contributed by atoms with E-state index >= 15 is 8.78 Å². The molecule has 0 atom stereocenters. The normalized spacial score (nSPS) is 23.1. The van der Waals surface area contributed by atoms with Gasteiger partial charge < -0.3 is 9.47 Å². The minimum atomic E-state index is -1.25. The van der Waals surface area contributed by atoms with Gasteiger partial charge in [-0.1, -0.05) is 64.5 Å². The molecule has 2 aromatic carbocycles. The van der Waals surface area contributed by atoms with Gasteiger partial charge in [0.05, 0.1) is 12.5 Å². The molecule has 7 heteroatoms. The summed E-state index contributed by atoms with van der Waals surface area (Å²) in [5.74, 6) is -5.29. The van der Waals surface area contributed by atoms with Crippen LogP contribution in [0, 0.1) is 35.1 Å². The van der Waals surface area contributed by atoms with Crippen LogP contribution in [0.3, 0.4) is 0 Å². The van der Waals surface area contributed by atoms with Crippen LogP contribution in [0.2, 0.25) is 0 Å². The van der Waals surface area contributed by atoms with Gasteiger partial charge in [0.25, 0.3) is 0 Å². The van der Waals surface area contributed by atoms with Crippen molar-refractivity contribution in [1.29, 1.82) is 0 Å². The molecule has 0 radical (unpaired) electrons. The van der Waals surface area contributed by atoms with Crippen molar-refractivity contribution in [3.8, 4) is 11.5 Å². The molecule has 0 spiro atoms. The van der Waals surface area contributed by atoms with Crippen LogP contribution in [-0.4, -0.2) is 12.6 Å². The Morgan fingerprint density at radius 2 is 1.23 bits per heavy atom. The second kappa shape index (κ2) is 14.4.